The van der Waals surface area contributed by atoms with Crippen molar-refractivity contribution in [1.82, 2.24) is 10.2 Å². The quantitative estimate of drug-likeness (QED) is 0.408. The first-order valence-corrected chi connectivity index (χ1v) is 12.3. The number of rotatable bonds is 7. The van der Waals surface area contributed by atoms with E-state index in [1.807, 2.05) is 54.6 Å². The molecule has 0 atom stereocenters. The van der Waals surface area contributed by atoms with Crippen molar-refractivity contribution < 1.29 is 13.9 Å². The van der Waals surface area contributed by atoms with Crippen LogP contribution in [-0.2, 0) is 11.3 Å². The number of carbonyl (C=O) groups excluding carboxylic acids is 1. The first kappa shape index (κ1) is 24.3. The molecule has 0 bridgehead atoms. The Balaban J connectivity index is 1.11. The van der Waals surface area contributed by atoms with Gasteiger partial charge in [0.1, 0.15) is 17.6 Å². The summed E-state index contributed by atoms with van der Waals surface area (Å²) >= 11 is 0. The summed E-state index contributed by atoms with van der Waals surface area (Å²) in [5, 5.41) is 12.5. The zero-order valence-corrected chi connectivity index (χ0v) is 20.4. The number of fused-ring (bicyclic) bond motifs is 1. The van der Waals surface area contributed by atoms with Crippen LogP contribution in [0.2, 0.25) is 0 Å². The van der Waals surface area contributed by atoms with E-state index in [1.54, 1.807) is 18.2 Å². The van der Waals surface area contributed by atoms with Crippen LogP contribution in [0.25, 0.3) is 22.1 Å². The third-order valence-corrected chi connectivity index (χ3v) is 6.64. The van der Waals surface area contributed by atoms with Gasteiger partial charge in [-0.1, -0.05) is 42.5 Å². The fraction of sp³-hybridized carbons (Fsp3) is 0.233. The Morgan fingerprint density at radius 1 is 1.05 bits per heavy atom. The molecule has 5 rings (SSSR count). The maximum absolute atomic E-state index is 12.9. The number of amides is 1. The second kappa shape index (κ2) is 11.1. The predicted molar refractivity (Wildman–Crippen MR) is 141 cm³/mol. The number of nitrogens with zero attached hydrogens (tertiary/aromatic N) is 2. The lowest BCUT2D eigenvalue weighted by atomic mass is 10.0. The number of ether oxygens (including phenoxy) is 1. The molecule has 186 valence electrons. The number of nitrogens with one attached hydrogen (secondary N) is 1. The first-order valence-electron chi connectivity index (χ1n) is 12.3. The third-order valence-electron chi connectivity index (χ3n) is 6.64. The summed E-state index contributed by atoms with van der Waals surface area (Å²) in [6.07, 6.45) is 3.20. The topological polar surface area (TPSA) is 95.6 Å². The molecule has 1 amide bonds. The number of carbonyl (C=O) groups is 1. The van der Waals surface area contributed by atoms with Crippen molar-refractivity contribution in [3.63, 3.8) is 0 Å². The minimum atomic E-state index is -0.175. The largest absolute Gasteiger partial charge is 0.484 e. The molecular formula is C30H27N3O4. The highest BCUT2D eigenvalue weighted by atomic mass is 16.5. The van der Waals surface area contributed by atoms with E-state index < -0.39 is 0 Å². The number of likely N-dealkylation sites (tertiary alicyclic amines) is 1. The van der Waals surface area contributed by atoms with Crippen molar-refractivity contribution in [2.75, 3.05) is 19.7 Å². The molecule has 0 unspecified atom stereocenters. The Bertz CT molecular complexity index is 1480. The second-order valence-corrected chi connectivity index (χ2v) is 9.22. The zero-order chi connectivity index (χ0) is 25.6. The van der Waals surface area contributed by atoms with E-state index in [9.17, 15) is 9.59 Å². The summed E-state index contributed by atoms with van der Waals surface area (Å²) in [6.45, 7) is 2.50. The fourth-order valence-corrected chi connectivity index (χ4v) is 4.61. The van der Waals surface area contributed by atoms with Crippen molar-refractivity contribution in [3.05, 3.63) is 100 Å². The average molecular weight is 494 g/mol. The zero-order valence-electron chi connectivity index (χ0n) is 20.4. The van der Waals surface area contributed by atoms with Crippen LogP contribution in [0, 0.1) is 11.3 Å². The molecule has 0 radical (unpaired) electrons. The molecule has 2 heterocycles. The number of benzene rings is 3. The van der Waals surface area contributed by atoms with Crippen LogP contribution in [-0.4, -0.2) is 36.5 Å². The van der Waals surface area contributed by atoms with Gasteiger partial charge in [-0.2, -0.15) is 5.26 Å². The molecule has 1 aliphatic rings. The Morgan fingerprint density at radius 2 is 1.81 bits per heavy atom. The number of hydrogen-bond acceptors (Lipinski definition) is 6. The molecule has 4 aromatic rings. The van der Waals surface area contributed by atoms with Gasteiger partial charge in [-0.05, 0) is 48.2 Å². The molecule has 1 fully saturated rings. The summed E-state index contributed by atoms with van der Waals surface area (Å²) in [5.74, 6) is 0.294. The van der Waals surface area contributed by atoms with E-state index in [0.29, 0.717) is 27.8 Å². The summed E-state index contributed by atoms with van der Waals surface area (Å²) in [7, 11) is 0. The van der Waals surface area contributed by atoms with Gasteiger partial charge in [0.15, 0.2) is 12.0 Å². The standard InChI is InChI=1S/C30H27N3O4/c31-17-21-6-8-22(9-7-21)18-33-14-12-24(13-15-33)32-29(34)20-36-25-10-11-26-28(16-25)37-19-27(30(26)35)23-4-2-1-3-5-23/h1-11,16,19,24H,12-15,18,20H2,(H,32,34). The minimum Gasteiger partial charge on any atom is -0.484 e. The van der Waals surface area contributed by atoms with Gasteiger partial charge in [-0.15, -0.1) is 0 Å². The molecule has 7 heteroatoms. The van der Waals surface area contributed by atoms with Crippen LogP contribution < -0.4 is 15.5 Å². The van der Waals surface area contributed by atoms with Gasteiger partial charge in [0, 0.05) is 31.7 Å². The van der Waals surface area contributed by atoms with Crippen LogP contribution in [0.4, 0.5) is 0 Å². The molecule has 1 aliphatic heterocycles. The van der Waals surface area contributed by atoms with Crippen molar-refractivity contribution in [1.29, 1.82) is 5.26 Å². The van der Waals surface area contributed by atoms with E-state index in [2.05, 4.69) is 16.3 Å². The molecule has 1 aromatic heterocycles. The minimum absolute atomic E-state index is 0.108. The Hall–Kier alpha value is -4.41. The normalized spacial score (nSPS) is 14.2. The van der Waals surface area contributed by atoms with Gasteiger partial charge < -0.3 is 14.5 Å². The van der Waals surface area contributed by atoms with E-state index in [-0.39, 0.29) is 24.0 Å². The fourth-order valence-electron chi connectivity index (χ4n) is 4.61. The highest BCUT2D eigenvalue weighted by molar-refractivity contribution is 5.83. The van der Waals surface area contributed by atoms with Crippen LogP contribution in [0.5, 0.6) is 5.75 Å². The van der Waals surface area contributed by atoms with Gasteiger partial charge in [-0.25, -0.2) is 0 Å². The molecule has 0 aliphatic carbocycles. The molecule has 37 heavy (non-hydrogen) atoms. The summed E-state index contributed by atoms with van der Waals surface area (Å²) in [4.78, 5) is 27.7. The third kappa shape index (κ3) is 5.88. The Morgan fingerprint density at radius 3 is 2.54 bits per heavy atom. The van der Waals surface area contributed by atoms with Crippen molar-refractivity contribution in [2.24, 2.45) is 0 Å². The first-order chi connectivity index (χ1) is 18.1. The maximum atomic E-state index is 12.9. The van der Waals surface area contributed by atoms with Gasteiger partial charge in [0.05, 0.1) is 22.6 Å². The van der Waals surface area contributed by atoms with Gasteiger partial charge >= 0.3 is 0 Å². The molecule has 1 saturated heterocycles. The van der Waals surface area contributed by atoms with Gasteiger partial charge in [0.25, 0.3) is 5.91 Å². The molecule has 0 spiro atoms. The summed E-state index contributed by atoms with van der Waals surface area (Å²) in [5.41, 5.74) is 3.45. The smallest absolute Gasteiger partial charge is 0.258 e. The molecular weight excluding hydrogens is 466 g/mol. The molecule has 0 saturated carbocycles. The predicted octanol–water partition coefficient (Wildman–Crippen LogP) is 4.49. The van der Waals surface area contributed by atoms with E-state index in [1.165, 1.54) is 11.8 Å². The average Bonchev–Trinajstić information content (AvgIpc) is 2.94. The van der Waals surface area contributed by atoms with Crippen LogP contribution in [0.3, 0.4) is 0 Å². The van der Waals surface area contributed by atoms with Crippen molar-refractivity contribution in [3.8, 4) is 22.9 Å². The lowest BCUT2D eigenvalue weighted by molar-refractivity contribution is -0.124. The highest BCUT2D eigenvalue weighted by Gasteiger charge is 2.21. The molecule has 3 aromatic carbocycles. The lowest BCUT2D eigenvalue weighted by Crippen LogP contribution is -2.45. The Kier molecular flexibility index (Phi) is 7.29. The van der Waals surface area contributed by atoms with Crippen LogP contribution >= 0.6 is 0 Å². The van der Waals surface area contributed by atoms with E-state index >= 15 is 0 Å². The van der Waals surface area contributed by atoms with Crippen LogP contribution in [0.15, 0.2) is 88.3 Å². The van der Waals surface area contributed by atoms with Crippen molar-refractivity contribution in [2.45, 2.75) is 25.4 Å². The van der Waals surface area contributed by atoms with Gasteiger partial charge in [0.2, 0.25) is 0 Å². The summed E-state index contributed by atoms with van der Waals surface area (Å²) < 4.78 is 11.4. The maximum Gasteiger partial charge on any atom is 0.258 e. The Labute approximate surface area is 214 Å². The van der Waals surface area contributed by atoms with Gasteiger partial charge in [-0.3, -0.25) is 14.5 Å². The monoisotopic (exact) mass is 493 g/mol. The number of hydrogen-bond donors (Lipinski definition) is 1. The van der Waals surface area contributed by atoms with Crippen molar-refractivity contribution >= 4 is 16.9 Å². The van der Waals surface area contributed by atoms with E-state index in [4.69, 9.17) is 14.4 Å². The van der Waals surface area contributed by atoms with E-state index in [0.717, 1.165) is 38.0 Å². The lowest BCUT2D eigenvalue weighted by Gasteiger charge is -2.32. The SMILES string of the molecule is N#Cc1ccc(CN2CCC(NC(=O)COc3ccc4c(=O)c(-c5ccccc5)coc4c3)CC2)cc1. The number of piperidine rings is 1. The summed E-state index contributed by atoms with van der Waals surface area (Å²) in [6, 6.07) is 24.3. The number of nitriles is 1. The molecule has 1 N–H and O–H groups in total. The highest BCUT2D eigenvalue weighted by Crippen LogP contribution is 2.23. The van der Waals surface area contributed by atoms with Crippen LogP contribution in [0.1, 0.15) is 24.0 Å². The molecule has 7 nitrogen and oxygen atoms in total. The second-order valence-electron chi connectivity index (χ2n) is 9.22.